The van der Waals surface area contributed by atoms with Crippen LogP contribution < -0.4 is 5.73 Å². The van der Waals surface area contributed by atoms with Crippen LogP contribution >= 0.6 is 0 Å². The zero-order valence-electron chi connectivity index (χ0n) is 16.9. The Kier molecular flexibility index (Phi) is 7.32. The van der Waals surface area contributed by atoms with E-state index in [4.69, 9.17) is 15.8 Å². The summed E-state index contributed by atoms with van der Waals surface area (Å²) in [6.07, 6.45) is 6.10. The third kappa shape index (κ3) is 5.17. The average Bonchev–Trinajstić information content (AvgIpc) is 2.70. The van der Waals surface area contributed by atoms with Crippen molar-refractivity contribution < 1.29 is 24.3 Å². The van der Waals surface area contributed by atoms with E-state index in [0.717, 1.165) is 50.8 Å². The van der Waals surface area contributed by atoms with Gasteiger partial charge in [0, 0.05) is 6.04 Å². The maximum atomic E-state index is 13.6. The van der Waals surface area contributed by atoms with Gasteiger partial charge in [-0.15, -0.1) is 0 Å². The maximum Gasteiger partial charge on any atom is 0.451 e. The lowest BCUT2D eigenvalue weighted by atomic mass is 9.73. The number of hydrogen-bond donors (Lipinski definition) is 4. The largest absolute Gasteiger partial charge is 0.480 e. The fourth-order valence-corrected chi connectivity index (χ4v) is 5.09. The predicted octanol–water partition coefficient (Wildman–Crippen LogP) is 2.34. The molecule has 0 amide bonds. The Morgan fingerprint density at radius 3 is 2.62 bits per heavy atom. The van der Waals surface area contributed by atoms with Gasteiger partial charge in [0.15, 0.2) is 0 Å². The van der Waals surface area contributed by atoms with E-state index in [2.05, 4.69) is 4.90 Å². The van der Waals surface area contributed by atoms with Gasteiger partial charge in [0.25, 0.3) is 0 Å². The van der Waals surface area contributed by atoms with Crippen molar-refractivity contribution in [3.8, 4) is 0 Å². The highest BCUT2D eigenvalue weighted by atomic mass is 19.1. The van der Waals surface area contributed by atoms with Crippen LogP contribution in [0.25, 0.3) is 0 Å². The molecule has 1 saturated heterocycles. The number of nitrogens with zero attached hydrogens (tertiary/aromatic N) is 1. The molecule has 160 valence electrons. The minimum atomic E-state index is -1.36. The molecule has 8 heteroatoms. The van der Waals surface area contributed by atoms with Crippen molar-refractivity contribution in [3.63, 3.8) is 0 Å². The summed E-state index contributed by atoms with van der Waals surface area (Å²) in [5, 5.41) is 27.7. The summed E-state index contributed by atoms with van der Waals surface area (Å²) in [6.45, 7) is 1.57. The van der Waals surface area contributed by atoms with Crippen LogP contribution in [-0.4, -0.2) is 51.8 Å². The monoisotopic (exact) mass is 406 g/mol. The molecular formula is C21H32BFN2O4. The summed E-state index contributed by atoms with van der Waals surface area (Å²) in [4.78, 5) is 14.4. The van der Waals surface area contributed by atoms with Crippen molar-refractivity contribution >= 4 is 13.1 Å². The topological polar surface area (TPSA) is 107 Å². The molecule has 2 unspecified atom stereocenters. The first-order valence-electron chi connectivity index (χ1n) is 10.7. The Hall–Kier alpha value is -1.48. The van der Waals surface area contributed by atoms with Crippen molar-refractivity contribution in [2.24, 2.45) is 11.7 Å². The van der Waals surface area contributed by atoms with Gasteiger partial charge in [0.1, 0.15) is 11.4 Å². The summed E-state index contributed by atoms with van der Waals surface area (Å²) in [7, 11) is -1.36. The van der Waals surface area contributed by atoms with Gasteiger partial charge < -0.3 is 20.9 Å². The van der Waals surface area contributed by atoms with Crippen molar-refractivity contribution in [1.29, 1.82) is 0 Å². The smallest absolute Gasteiger partial charge is 0.451 e. The van der Waals surface area contributed by atoms with Crippen molar-refractivity contribution in [2.75, 3.05) is 13.1 Å². The van der Waals surface area contributed by atoms with Gasteiger partial charge in [-0.05, 0) is 87.1 Å². The molecule has 1 heterocycles. The highest BCUT2D eigenvalue weighted by Gasteiger charge is 2.43. The number of benzene rings is 1. The van der Waals surface area contributed by atoms with Crippen molar-refractivity contribution in [3.05, 3.63) is 35.1 Å². The van der Waals surface area contributed by atoms with Crippen LogP contribution in [0.5, 0.6) is 0 Å². The van der Waals surface area contributed by atoms with Crippen LogP contribution in [0.4, 0.5) is 4.39 Å². The molecular weight excluding hydrogens is 374 g/mol. The lowest BCUT2D eigenvalue weighted by molar-refractivity contribution is -0.147. The van der Waals surface area contributed by atoms with E-state index in [1.165, 1.54) is 11.6 Å². The Labute approximate surface area is 172 Å². The van der Waals surface area contributed by atoms with Gasteiger partial charge in [-0.2, -0.15) is 0 Å². The van der Waals surface area contributed by atoms with E-state index in [-0.39, 0.29) is 24.1 Å². The molecule has 3 rings (SSSR count). The molecule has 0 spiro atoms. The molecule has 1 fully saturated rings. The number of aliphatic carboxylic acids is 1. The molecule has 1 aliphatic heterocycles. The molecule has 2 aliphatic rings. The highest BCUT2D eigenvalue weighted by Crippen LogP contribution is 2.39. The fourth-order valence-electron chi connectivity index (χ4n) is 5.09. The summed E-state index contributed by atoms with van der Waals surface area (Å²) in [5.41, 5.74) is 7.38. The molecule has 5 N–H and O–H groups in total. The SMILES string of the molecule is NC(CCCCB(O)O)(C(=O)O)C1CCN(C2CCCc3cc(F)ccc32)CC1. The molecule has 1 aromatic carbocycles. The van der Waals surface area contributed by atoms with E-state index in [1.807, 2.05) is 6.07 Å². The number of nitrogens with two attached hydrogens (primary N) is 1. The van der Waals surface area contributed by atoms with Crippen LogP contribution in [0, 0.1) is 11.7 Å². The fraction of sp³-hybridized carbons (Fsp3) is 0.667. The maximum absolute atomic E-state index is 13.6. The summed E-state index contributed by atoms with van der Waals surface area (Å²) >= 11 is 0. The normalized spacial score (nSPS) is 22.7. The molecule has 0 bridgehead atoms. The predicted molar refractivity (Wildman–Crippen MR) is 110 cm³/mol. The number of unbranched alkanes of at least 4 members (excludes halogenated alkanes) is 1. The summed E-state index contributed by atoms with van der Waals surface area (Å²) in [6, 6.07) is 5.35. The third-order valence-electron chi connectivity index (χ3n) is 6.79. The second-order valence-electron chi connectivity index (χ2n) is 8.63. The first-order valence-corrected chi connectivity index (χ1v) is 10.7. The number of likely N-dealkylation sites (tertiary alicyclic amines) is 1. The van der Waals surface area contributed by atoms with E-state index >= 15 is 0 Å². The number of halogens is 1. The minimum absolute atomic E-state index is 0.105. The van der Waals surface area contributed by atoms with Crippen LogP contribution in [0.2, 0.25) is 6.32 Å². The molecule has 1 aliphatic carbocycles. The molecule has 1 aromatic rings. The van der Waals surface area contributed by atoms with Gasteiger partial charge in [0.2, 0.25) is 0 Å². The Bertz CT molecular complexity index is 712. The number of rotatable bonds is 8. The van der Waals surface area contributed by atoms with Gasteiger partial charge >= 0.3 is 13.1 Å². The number of carboxylic acids is 1. The lowest BCUT2D eigenvalue weighted by Crippen LogP contribution is -2.57. The lowest BCUT2D eigenvalue weighted by Gasteiger charge is -2.44. The Morgan fingerprint density at radius 1 is 1.24 bits per heavy atom. The van der Waals surface area contributed by atoms with Gasteiger partial charge in [-0.3, -0.25) is 9.69 Å². The van der Waals surface area contributed by atoms with Crippen LogP contribution in [-0.2, 0) is 11.2 Å². The quantitative estimate of drug-likeness (QED) is 0.390. The van der Waals surface area contributed by atoms with E-state index in [9.17, 15) is 14.3 Å². The van der Waals surface area contributed by atoms with Crippen molar-refractivity contribution in [2.45, 2.75) is 69.3 Å². The summed E-state index contributed by atoms with van der Waals surface area (Å²) in [5.74, 6) is -1.27. The number of piperidine rings is 1. The summed E-state index contributed by atoms with van der Waals surface area (Å²) < 4.78 is 13.6. The number of aryl methyl sites for hydroxylation is 1. The Morgan fingerprint density at radius 2 is 1.97 bits per heavy atom. The van der Waals surface area contributed by atoms with E-state index in [1.54, 1.807) is 6.07 Å². The molecule has 0 aromatic heterocycles. The number of carbonyl (C=O) groups is 1. The van der Waals surface area contributed by atoms with E-state index in [0.29, 0.717) is 19.3 Å². The zero-order valence-corrected chi connectivity index (χ0v) is 16.9. The molecule has 2 atom stereocenters. The zero-order chi connectivity index (χ0) is 21.0. The van der Waals surface area contributed by atoms with Crippen LogP contribution in [0.3, 0.4) is 0 Å². The standard InChI is InChI=1S/C21H32BFN2O4/c23-17-6-7-18-15(14-17)4-3-5-19(18)25-12-8-16(9-13-25)21(24,20(26)27)10-1-2-11-22(28)29/h6-7,14,16,19,28-29H,1-5,8-13,24H2,(H,26,27). The van der Waals surface area contributed by atoms with Gasteiger partial charge in [-0.25, -0.2) is 4.39 Å². The van der Waals surface area contributed by atoms with Gasteiger partial charge in [-0.1, -0.05) is 18.9 Å². The number of hydrogen-bond acceptors (Lipinski definition) is 5. The second kappa shape index (κ2) is 9.56. The number of carboxylic acid groups (broad SMARTS) is 1. The van der Waals surface area contributed by atoms with E-state index < -0.39 is 18.6 Å². The van der Waals surface area contributed by atoms with Gasteiger partial charge in [0.05, 0.1) is 0 Å². The number of fused-ring (bicyclic) bond motifs is 1. The molecule has 0 radical (unpaired) electrons. The highest BCUT2D eigenvalue weighted by molar-refractivity contribution is 6.40. The molecule has 6 nitrogen and oxygen atoms in total. The second-order valence-corrected chi connectivity index (χ2v) is 8.63. The molecule has 29 heavy (non-hydrogen) atoms. The first-order chi connectivity index (χ1) is 13.8. The minimum Gasteiger partial charge on any atom is -0.480 e. The average molecular weight is 406 g/mol. The molecule has 0 saturated carbocycles. The first kappa shape index (κ1) is 22.2. The van der Waals surface area contributed by atoms with Crippen molar-refractivity contribution in [1.82, 2.24) is 4.90 Å². The van der Waals surface area contributed by atoms with Crippen LogP contribution in [0.1, 0.15) is 62.1 Å². The Balaban J connectivity index is 1.61. The third-order valence-corrected chi connectivity index (χ3v) is 6.79. The van der Waals surface area contributed by atoms with Crippen LogP contribution in [0.15, 0.2) is 18.2 Å².